The Morgan fingerprint density at radius 1 is 0.629 bits per heavy atom. The summed E-state index contributed by atoms with van der Waals surface area (Å²) < 4.78 is 13.3. The molecule has 0 amide bonds. The van der Waals surface area contributed by atoms with Crippen LogP contribution in [0, 0.1) is 0 Å². The maximum absolute atomic E-state index is 6.66. The molecule has 0 saturated heterocycles. The summed E-state index contributed by atoms with van der Waals surface area (Å²) in [6, 6.07) is 14.0. The van der Waals surface area contributed by atoms with Crippen LogP contribution in [0.2, 0.25) is 0 Å². The van der Waals surface area contributed by atoms with Crippen LogP contribution in [0.1, 0.15) is 112 Å². The quantitative estimate of drug-likeness (QED) is 0.217. The van der Waals surface area contributed by atoms with Crippen molar-refractivity contribution in [3.05, 3.63) is 70.2 Å². The molecule has 2 aromatic carbocycles. The van der Waals surface area contributed by atoms with E-state index in [1.807, 2.05) is 0 Å². The Balaban J connectivity index is 1.39. The van der Waals surface area contributed by atoms with Crippen molar-refractivity contribution in [2.45, 2.75) is 109 Å². The minimum Gasteiger partial charge on any atom is -0.461 e. The van der Waals surface area contributed by atoms with Crippen LogP contribution in [0.25, 0.3) is 21.9 Å². The molecule has 0 saturated carbocycles. The Kier molecular flexibility index (Phi) is 6.25. The number of aryl methyl sites for hydroxylation is 4. The summed E-state index contributed by atoms with van der Waals surface area (Å²) in [6.45, 7) is 4.55. The molecule has 184 valence electrons. The van der Waals surface area contributed by atoms with Gasteiger partial charge in [-0.2, -0.15) is 0 Å². The van der Waals surface area contributed by atoms with Crippen LogP contribution in [0.15, 0.2) is 45.2 Å². The fraction of sp³-hybridized carbons (Fsp3) is 0.515. The number of fused-ring (bicyclic) bond motifs is 8. The van der Waals surface area contributed by atoms with Gasteiger partial charge >= 0.3 is 0 Å². The first-order valence-corrected chi connectivity index (χ1v) is 14.3. The molecule has 0 unspecified atom stereocenters. The average molecular weight is 469 g/mol. The van der Waals surface area contributed by atoms with E-state index in [1.165, 1.54) is 97.2 Å². The van der Waals surface area contributed by atoms with Crippen LogP contribution in [0.4, 0.5) is 0 Å². The molecular weight excluding hydrogens is 428 g/mol. The zero-order valence-corrected chi connectivity index (χ0v) is 21.7. The molecule has 6 rings (SSSR count). The highest BCUT2D eigenvalue weighted by atomic mass is 16.3. The fourth-order valence-corrected chi connectivity index (χ4v) is 7.00. The third-order valence-electron chi connectivity index (χ3n) is 8.80. The highest BCUT2D eigenvalue weighted by molar-refractivity contribution is 5.90. The predicted octanol–water partition coefficient (Wildman–Crippen LogP) is 9.60. The standard InChI is InChI=1S/C33H40O2/c1-3-5-7-9-11-27-21-25-15-13-23-17-19-33(29(23)31(25)34-27)20-18-24-14-16-26-22-28(12-10-8-6-4-2)35-32(26)30(24)33/h13-16,21-22H,3-12,17-20H2,1-2H3. The molecular formula is C33H40O2. The number of hydrogen-bond donors (Lipinski definition) is 0. The third-order valence-corrected chi connectivity index (χ3v) is 8.80. The number of benzene rings is 2. The van der Waals surface area contributed by atoms with Gasteiger partial charge in [-0.1, -0.05) is 76.6 Å². The van der Waals surface area contributed by atoms with Crippen LogP contribution in [-0.2, 0) is 31.1 Å². The van der Waals surface area contributed by atoms with Gasteiger partial charge in [-0.25, -0.2) is 0 Å². The lowest BCUT2D eigenvalue weighted by molar-refractivity contribution is 0.477. The number of hydrogen-bond acceptors (Lipinski definition) is 2. The Bertz CT molecular complexity index is 1230. The molecule has 0 bridgehead atoms. The maximum Gasteiger partial charge on any atom is 0.138 e. The molecule has 1 spiro atoms. The molecule has 4 aromatic rings. The zero-order valence-electron chi connectivity index (χ0n) is 21.7. The van der Waals surface area contributed by atoms with E-state index >= 15 is 0 Å². The van der Waals surface area contributed by atoms with Crippen molar-refractivity contribution in [1.29, 1.82) is 0 Å². The lowest BCUT2D eigenvalue weighted by Crippen LogP contribution is -2.21. The van der Waals surface area contributed by atoms with Gasteiger partial charge in [-0.3, -0.25) is 0 Å². The molecule has 0 N–H and O–H groups in total. The topological polar surface area (TPSA) is 26.3 Å². The van der Waals surface area contributed by atoms with Crippen molar-refractivity contribution in [2.75, 3.05) is 0 Å². The monoisotopic (exact) mass is 468 g/mol. The van der Waals surface area contributed by atoms with E-state index in [4.69, 9.17) is 8.83 Å². The molecule has 2 heteroatoms. The normalized spacial score (nSPS) is 16.1. The van der Waals surface area contributed by atoms with Crippen LogP contribution in [0.5, 0.6) is 0 Å². The first-order valence-electron chi connectivity index (χ1n) is 14.3. The van der Waals surface area contributed by atoms with E-state index in [2.05, 4.69) is 50.2 Å². The van der Waals surface area contributed by atoms with E-state index in [0.29, 0.717) is 0 Å². The van der Waals surface area contributed by atoms with Crippen molar-refractivity contribution >= 4 is 21.9 Å². The van der Waals surface area contributed by atoms with E-state index in [-0.39, 0.29) is 5.41 Å². The molecule has 2 aliphatic rings. The second-order valence-corrected chi connectivity index (χ2v) is 11.2. The van der Waals surface area contributed by atoms with Crippen molar-refractivity contribution in [2.24, 2.45) is 0 Å². The first-order chi connectivity index (χ1) is 17.2. The van der Waals surface area contributed by atoms with E-state index < -0.39 is 0 Å². The van der Waals surface area contributed by atoms with Crippen LogP contribution in [-0.4, -0.2) is 0 Å². The SMILES string of the molecule is CCCCCCc1cc2ccc3c(c2o1)C1(CC3)CCc2ccc3cc(CCCCCC)oc3c21. The molecule has 35 heavy (non-hydrogen) atoms. The summed E-state index contributed by atoms with van der Waals surface area (Å²) in [7, 11) is 0. The predicted molar refractivity (Wildman–Crippen MR) is 146 cm³/mol. The Labute approximate surface area is 210 Å². The van der Waals surface area contributed by atoms with E-state index in [9.17, 15) is 0 Å². The molecule has 0 atom stereocenters. The van der Waals surface area contributed by atoms with Gasteiger partial charge in [0.15, 0.2) is 0 Å². The largest absolute Gasteiger partial charge is 0.461 e. The third kappa shape index (κ3) is 3.94. The summed E-state index contributed by atoms with van der Waals surface area (Å²) in [5.74, 6) is 2.32. The van der Waals surface area contributed by atoms with Crippen LogP contribution in [0.3, 0.4) is 0 Å². The van der Waals surface area contributed by atoms with Gasteiger partial charge in [0.2, 0.25) is 0 Å². The lowest BCUT2D eigenvalue weighted by atomic mass is 9.75. The fourth-order valence-electron chi connectivity index (χ4n) is 7.00. The molecule has 2 aromatic heterocycles. The maximum atomic E-state index is 6.66. The lowest BCUT2D eigenvalue weighted by Gasteiger charge is -2.26. The van der Waals surface area contributed by atoms with Crippen molar-refractivity contribution in [3.8, 4) is 0 Å². The summed E-state index contributed by atoms with van der Waals surface area (Å²) in [5, 5.41) is 2.57. The Hall–Kier alpha value is -2.48. The molecule has 0 fully saturated rings. The summed E-state index contributed by atoms with van der Waals surface area (Å²) in [4.78, 5) is 0. The van der Waals surface area contributed by atoms with Gasteiger partial charge in [0.1, 0.15) is 22.7 Å². The Morgan fingerprint density at radius 2 is 1.11 bits per heavy atom. The van der Waals surface area contributed by atoms with Gasteiger partial charge in [-0.05, 0) is 61.8 Å². The van der Waals surface area contributed by atoms with Gasteiger partial charge in [0, 0.05) is 40.2 Å². The van der Waals surface area contributed by atoms with Gasteiger partial charge in [-0.15, -0.1) is 0 Å². The molecule has 0 radical (unpaired) electrons. The van der Waals surface area contributed by atoms with Gasteiger partial charge in [0.25, 0.3) is 0 Å². The molecule has 2 aliphatic carbocycles. The minimum atomic E-state index is 0.0400. The zero-order chi connectivity index (χ0) is 23.8. The highest BCUT2D eigenvalue weighted by Gasteiger charge is 2.48. The molecule has 2 nitrogen and oxygen atoms in total. The number of unbranched alkanes of at least 4 members (excludes halogenated alkanes) is 6. The van der Waals surface area contributed by atoms with Crippen LogP contribution >= 0.6 is 0 Å². The first kappa shape index (κ1) is 23.0. The highest BCUT2D eigenvalue weighted by Crippen LogP contribution is 2.56. The van der Waals surface area contributed by atoms with Crippen molar-refractivity contribution in [1.82, 2.24) is 0 Å². The van der Waals surface area contributed by atoms with Crippen LogP contribution < -0.4 is 0 Å². The summed E-state index contributed by atoms with van der Waals surface area (Å²) in [6.07, 6.45) is 16.9. The molecule has 0 aliphatic heterocycles. The van der Waals surface area contributed by atoms with Crippen molar-refractivity contribution < 1.29 is 8.83 Å². The summed E-state index contributed by atoms with van der Waals surface area (Å²) >= 11 is 0. The minimum absolute atomic E-state index is 0.0400. The van der Waals surface area contributed by atoms with E-state index in [0.717, 1.165) is 48.4 Å². The van der Waals surface area contributed by atoms with Gasteiger partial charge < -0.3 is 8.83 Å². The Morgan fingerprint density at radius 3 is 1.57 bits per heavy atom. The second kappa shape index (κ2) is 9.52. The number of rotatable bonds is 10. The second-order valence-electron chi connectivity index (χ2n) is 11.2. The number of furan rings is 2. The summed E-state index contributed by atoms with van der Waals surface area (Å²) in [5.41, 5.74) is 8.27. The smallest absolute Gasteiger partial charge is 0.138 e. The van der Waals surface area contributed by atoms with Gasteiger partial charge in [0.05, 0.1) is 0 Å². The van der Waals surface area contributed by atoms with Crippen molar-refractivity contribution in [3.63, 3.8) is 0 Å². The average Bonchev–Trinajstić information content (AvgIpc) is 3.63. The van der Waals surface area contributed by atoms with E-state index in [1.54, 1.807) is 0 Å². The molecule has 2 heterocycles.